The topological polar surface area (TPSA) is 78.0 Å². The van der Waals surface area contributed by atoms with E-state index < -0.39 is 20.2 Å². The Morgan fingerprint density at radius 3 is 1.92 bits per heavy atom. The van der Waals surface area contributed by atoms with Crippen molar-refractivity contribution in [2.45, 2.75) is 20.3 Å². The Hall–Kier alpha value is -1.00. The van der Waals surface area contributed by atoms with Gasteiger partial charge in [-0.05, 0) is 12.0 Å². The molecule has 0 unspecified atom stereocenters. The van der Waals surface area contributed by atoms with E-state index in [0.717, 1.165) is 5.56 Å². The van der Waals surface area contributed by atoms with E-state index in [-0.39, 0.29) is 31.9 Å². The maximum absolute atomic E-state index is 12.5. The molecule has 1 aromatic carbocycles. The van der Waals surface area contributed by atoms with E-state index in [4.69, 9.17) is 0 Å². The fraction of sp³-hybridized carbons (Fsp3) is 0.625. The Balaban J connectivity index is 1.94. The maximum atomic E-state index is 12.5. The van der Waals surface area contributed by atoms with Gasteiger partial charge < -0.3 is 0 Å². The minimum absolute atomic E-state index is 0.0415. The third-order valence-electron chi connectivity index (χ3n) is 4.44. The molecule has 0 saturated carbocycles. The van der Waals surface area contributed by atoms with Crippen LogP contribution in [0.5, 0.6) is 0 Å². The van der Waals surface area contributed by atoms with Crippen molar-refractivity contribution < 1.29 is 16.8 Å². The van der Waals surface area contributed by atoms with Crippen molar-refractivity contribution in [3.63, 3.8) is 0 Å². The van der Waals surface area contributed by atoms with Gasteiger partial charge in [-0.25, -0.2) is 8.42 Å². The Bertz CT molecular complexity index is 739. The van der Waals surface area contributed by atoms with Crippen molar-refractivity contribution in [2.24, 2.45) is 0 Å². The van der Waals surface area contributed by atoms with Crippen LogP contribution in [-0.2, 0) is 26.7 Å². The first kappa shape index (κ1) is 20.3. The molecule has 1 saturated heterocycles. The number of hydrogen-bond acceptors (Lipinski definition) is 4. The minimum atomic E-state index is -3.50. The molecule has 25 heavy (non-hydrogen) atoms. The number of aryl methyl sites for hydroxylation is 1. The van der Waals surface area contributed by atoms with E-state index in [1.54, 1.807) is 13.8 Å². The highest BCUT2D eigenvalue weighted by Crippen LogP contribution is 2.15. The molecule has 1 aromatic rings. The van der Waals surface area contributed by atoms with Crippen LogP contribution in [0.3, 0.4) is 0 Å². The number of rotatable bonds is 8. The predicted octanol–water partition coefficient (Wildman–Crippen LogP) is 0.763. The number of hydrogen-bond donors (Lipinski definition) is 0. The van der Waals surface area contributed by atoms with Crippen molar-refractivity contribution in [3.05, 3.63) is 35.9 Å². The van der Waals surface area contributed by atoms with Crippen molar-refractivity contribution in [2.75, 3.05) is 45.0 Å². The number of piperazine rings is 1. The quantitative estimate of drug-likeness (QED) is 0.658. The summed E-state index contributed by atoms with van der Waals surface area (Å²) in [4.78, 5) is 0. The van der Waals surface area contributed by atoms with E-state index in [0.29, 0.717) is 19.5 Å². The van der Waals surface area contributed by atoms with Crippen molar-refractivity contribution in [1.82, 2.24) is 12.9 Å². The van der Waals surface area contributed by atoms with E-state index in [2.05, 4.69) is 0 Å². The number of nitrogens with zero attached hydrogens (tertiary/aromatic N) is 3. The molecule has 1 heterocycles. The van der Waals surface area contributed by atoms with E-state index in [9.17, 15) is 16.8 Å². The Labute approximate surface area is 151 Å². The molecule has 9 heteroatoms. The smallest absolute Gasteiger partial charge is 0.212 e. The SMILES string of the molecule is CCN(CC)S(=O)(=O)N1CCN(S(=O)(=O)CCc2ccccc2)CC1. The van der Waals surface area contributed by atoms with Gasteiger partial charge in [-0.15, -0.1) is 0 Å². The minimum Gasteiger partial charge on any atom is -0.212 e. The van der Waals surface area contributed by atoms with Gasteiger partial charge in [-0.1, -0.05) is 44.2 Å². The average Bonchev–Trinajstić information content (AvgIpc) is 2.62. The summed E-state index contributed by atoms with van der Waals surface area (Å²) in [5, 5.41) is 0. The molecule has 1 aliphatic rings. The second-order valence-electron chi connectivity index (χ2n) is 5.94. The lowest BCUT2D eigenvalue weighted by Crippen LogP contribution is -2.54. The Morgan fingerprint density at radius 2 is 1.40 bits per heavy atom. The lowest BCUT2D eigenvalue weighted by atomic mass is 10.2. The Kier molecular flexibility index (Phi) is 6.98. The highest BCUT2D eigenvalue weighted by Gasteiger charge is 2.34. The summed E-state index contributed by atoms with van der Waals surface area (Å²) < 4.78 is 54.2. The van der Waals surface area contributed by atoms with Crippen LogP contribution in [0.25, 0.3) is 0 Å². The van der Waals surface area contributed by atoms with Gasteiger partial charge in [0.15, 0.2) is 0 Å². The molecule has 0 bridgehead atoms. The molecule has 0 aromatic heterocycles. The molecule has 1 aliphatic heterocycles. The third kappa shape index (κ3) is 5.01. The number of sulfonamides is 1. The lowest BCUT2D eigenvalue weighted by Gasteiger charge is -2.35. The fourth-order valence-electron chi connectivity index (χ4n) is 2.91. The third-order valence-corrected chi connectivity index (χ3v) is 8.50. The lowest BCUT2D eigenvalue weighted by molar-refractivity contribution is 0.256. The highest BCUT2D eigenvalue weighted by atomic mass is 32.2. The van der Waals surface area contributed by atoms with Crippen molar-refractivity contribution >= 4 is 20.2 Å². The van der Waals surface area contributed by atoms with Crippen LogP contribution in [0, 0.1) is 0 Å². The zero-order valence-electron chi connectivity index (χ0n) is 14.8. The largest absolute Gasteiger partial charge is 0.282 e. The molecule has 0 spiro atoms. The van der Waals surface area contributed by atoms with E-state index >= 15 is 0 Å². The van der Waals surface area contributed by atoms with Gasteiger partial charge in [0.25, 0.3) is 10.2 Å². The van der Waals surface area contributed by atoms with Crippen LogP contribution in [0.2, 0.25) is 0 Å². The first-order valence-electron chi connectivity index (χ1n) is 8.58. The molecule has 2 rings (SSSR count). The van der Waals surface area contributed by atoms with Crippen molar-refractivity contribution in [3.8, 4) is 0 Å². The molecule has 7 nitrogen and oxygen atoms in total. The molecule has 0 atom stereocenters. The standard InChI is InChI=1S/C16H27N3O4S2/c1-3-17(4-2)25(22,23)19-13-11-18(12-14-19)24(20,21)15-10-16-8-6-5-7-9-16/h5-9H,3-4,10-15H2,1-2H3. The van der Waals surface area contributed by atoms with Gasteiger partial charge in [0, 0.05) is 39.3 Å². The first-order valence-corrected chi connectivity index (χ1v) is 11.6. The summed E-state index contributed by atoms with van der Waals surface area (Å²) >= 11 is 0. The molecular weight excluding hydrogens is 362 g/mol. The zero-order chi connectivity index (χ0) is 18.5. The van der Waals surface area contributed by atoms with Gasteiger partial charge in [0.1, 0.15) is 0 Å². The van der Waals surface area contributed by atoms with Crippen LogP contribution >= 0.6 is 0 Å². The van der Waals surface area contributed by atoms with Gasteiger partial charge >= 0.3 is 0 Å². The molecule has 0 radical (unpaired) electrons. The second kappa shape index (κ2) is 8.59. The van der Waals surface area contributed by atoms with Crippen LogP contribution < -0.4 is 0 Å². The summed E-state index contributed by atoms with van der Waals surface area (Å²) in [5.41, 5.74) is 0.980. The average molecular weight is 390 g/mol. The van der Waals surface area contributed by atoms with Gasteiger partial charge in [-0.3, -0.25) is 0 Å². The first-order chi connectivity index (χ1) is 11.8. The normalized spacial score (nSPS) is 17.9. The van der Waals surface area contributed by atoms with E-state index in [1.807, 2.05) is 30.3 Å². The van der Waals surface area contributed by atoms with Gasteiger partial charge in [-0.2, -0.15) is 21.3 Å². The molecule has 0 N–H and O–H groups in total. The van der Waals surface area contributed by atoms with Crippen LogP contribution in [-0.4, -0.2) is 74.8 Å². The van der Waals surface area contributed by atoms with Crippen LogP contribution in [0.15, 0.2) is 30.3 Å². The molecule has 142 valence electrons. The maximum Gasteiger partial charge on any atom is 0.282 e. The molecular formula is C16H27N3O4S2. The zero-order valence-corrected chi connectivity index (χ0v) is 16.5. The van der Waals surface area contributed by atoms with Gasteiger partial charge in [0.05, 0.1) is 5.75 Å². The monoisotopic (exact) mass is 389 g/mol. The summed E-state index contributed by atoms with van der Waals surface area (Å²) in [5.74, 6) is 0.0415. The second-order valence-corrected chi connectivity index (χ2v) is 9.96. The predicted molar refractivity (Wildman–Crippen MR) is 98.9 cm³/mol. The summed E-state index contributed by atoms with van der Waals surface area (Å²) in [6, 6.07) is 9.49. The highest BCUT2D eigenvalue weighted by molar-refractivity contribution is 7.89. The summed E-state index contributed by atoms with van der Waals surface area (Å²) in [6.07, 6.45) is 0.459. The van der Waals surface area contributed by atoms with Crippen LogP contribution in [0.1, 0.15) is 19.4 Å². The fourth-order valence-corrected chi connectivity index (χ4v) is 5.99. The molecule has 1 fully saturated rings. The molecule has 0 amide bonds. The van der Waals surface area contributed by atoms with Crippen LogP contribution in [0.4, 0.5) is 0 Å². The summed E-state index contributed by atoms with van der Waals surface area (Å²) in [7, 11) is -6.89. The Morgan fingerprint density at radius 1 is 0.880 bits per heavy atom. The van der Waals surface area contributed by atoms with E-state index in [1.165, 1.54) is 12.9 Å². The number of benzene rings is 1. The summed E-state index contributed by atoms with van der Waals surface area (Å²) in [6.45, 7) is 5.22. The van der Waals surface area contributed by atoms with Gasteiger partial charge in [0.2, 0.25) is 10.0 Å². The van der Waals surface area contributed by atoms with Crippen molar-refractivity contribution in [1.29, 1.82) is 0 Å². The molecule has 0 aliphatic carbocycles.